The molecule has 2 aliphatic heterocycles. The topological polar surface area (TPSA) is 131 Å². The summed E-state index contributed by atoms with van der Waals surface area (Å²) in [6.07, 6.45) is 2.68. The molecule has 0 aliphatic carbocycles. The molecule has 200 valence electrons. The molecule has 1 aromatic carbocycles. The number of aromatic nitrogens is 5. The average molecular weight is 537 g/mol. The van der Waals surface area contributed by atoms with Gasteiger partial charge in [-0.25, -0.2) is 9.97 Å². The van der Waals surface area contributed by atoms with E-state index >= 15 is 0 Å². The van der Waals surface area contributed by atoms with Crippen molar-refractivity contribution in [2.75, 3.05) is 17.6 Å². The summed E-state index contributed by atoms with van der Waals surface area (Å²) in [5, 5.41) is 9.22. The van der Waals surface area contributed by atoms with Crippen LogP contribution in [0.25, 0.3) is 16.8 Å². The Bertz CT molecular complexity index is 1580. The summed E-state index contributed by atoms with van der Waals surface area (Å²) in [5.74, 6) is 0.341. The van der Waals surface area contributed by atoms with Crippen molar-refractivity contribution in [2.24, 2.45) is 0 Å². The average Bonchev–Trinajstić information content (AvgIpc) is 3.50. The molecular formula is C26H23F3N8O2. The minimum atomic E-state index is -4.61. The first-order valence-electron chi connectivity index (χ1n) is 12.4. The van der Waals surface area contributed by atoms with Gasteiger partial charge in [-0.2, -0.15) is 18.3 Å². The number of hydrogen-bond donors (Lipinski definition) is 2. The maximum absolute atomic E-state index is 12.9. The highest BCUT2D eigenvalue weighted by Gasteiger charge is 2.38. The fourth-order valence-electron chi connectivity index (χ4n) is 5.40. The molecule has 5 heterocycles. The van der Waals surface area contributed by atoms with E-state index in [4.69, 9.17) is 10.7 Å². The third-order valence-corrected chi connectivity index (χ3v) is 7.34. The number of nitrogens with two attached hydrogens (primary N) is 1. The lowest BCUT2D eigenvalue weighted by Crippen LogP contribution is -2.41. The lowest BCUT2D eigenvalue weighted by atomic mass is 9.92. The SMILES string of the molecule is Nc1nccn2c([C@@H]3CC[C@H]4CCC(=O)N4C3)nc(-c3ccc(C(=O)Nc4cc(C(F)(F)F)cnn4)cc3)c12. The zero-order chi connectivity index (χ0) is 27.3. The van der Waals surface area contributed by atoms with Crippen molar-refractivity contribution in [1.29, 1.82) is 0 Å². The Morgan fingerprint density at radius 3 is 2.69 bits per heavy atom. The van der Waals surface area contributed by atoms with Gasteiger partial charge in [-0.05, 0) is 37.5 Å². The lowest BCUT2D eigenvalue weighted by Gasteiger charge is -2.34. The molecule has 2 atom stereocenters. The molecule has 0 bridgehead atoms. The second-order valence-electron chi connectivity index (χ2n) is 9.72. The summed E-state index contributed by atoms with van der Waals surface area (Å²) in [7, 11) is 0. The molecule has 39 heavy (non-hydrogen) atoms. The first-order chi connectivity index (χ1) is 18.7. The Morgan fingerprint density at radius 1 is 1.13 bits per heavy atom. The van der Waals surface area contributed by atoms with Gasteiger partial charge < -0.3 is 16.0 Å². The molecule has 0 radical (unpaired) electrons. The van der Waals surface area contributed by atoms with Crippen LogP contribution in [0.2, 0.25) is 0 Å². The maximum Gasteiger partial charge on any atom is 0.418 e. The monoisotopic (exact) mass is 536 g/mol. The molecule has 3 aromatic heterocycles. The Labute approximate surface area is 220 Å². The highest BCUT2D eigenvalue weighted by Crippen LogP contribution is 2.38. The van der Waals surface area contributed by atoms with Gasteiger partial charge >= 0.3 is 6.18 Å². The fourth-order valence-corrected chi connectivity index (χ4v) is 5.40. The van der Waals surface area contributed by atoms with E-state index in [1.54, 1.807) is 24.5 Å². The van der Waals surface area contributed by atoms with Crippen LogP contribution in [0, 0.1) is 0 Å². The van der Waals surface area contributed by atoms with Crippen molar-refractivity contribution in [3.8, 4) is 11.3 Å². The van der Waals surface area contributed by atoms with Crippen LogP contribution >= 0.6 is 0 Å². The Morgan fingerprint density at radius 2 is 1.92 bits per heavy atom. The largest absolute Gasteiger partial charge is 0.418 e. The number of halogens is 3. The Hall–Kier alpha value is -4.55. The van der Waals surface area contributed by atoms with E-state index in [2.05, 4.69) is 20.5 Å². The molecule has 0 spiro atoms. The number of nitrogens with one attached hydrogen (secondary N) is 1. The zero-order valence-corrected chi connectivity index (χ0v) is 20.5. The summed E-state index contributed by atoms with van der Waals surface area (Å²) < 4.78 is 40.8. The van der Waals surface area contributed by atoms with E-state index in [1.165, 1.54) is 12.1 Å². The molecule has 0 unspecified atom stereocenters. The summed E-state index contributed by atoms with van der Waals surface area (Å²) in [6, 6.07) is 7.47. The second-order valence-corrected chi connectivity index (χ2v) is 9.72. The van der Waals surface area contributed by atoms with Crippen LogP contribution in [0.15, 0.2) is 48.9 Å². The molecule has 10 nitrogen and oxygen atoms in total. The maximum atomic E-state index is 12.9. The minimum Gasteiger partial charge on any atom is -0.382 e. The molecule has 6 rings (SSSR count). The molecule has 4 aromatic rings. The van der Waals surface area contributed by atoms with Gasteiger partial charge in [-0.3, -0.25) is 14.0 Å². The van der Waals surface area contributed by atoms with E-state index in [0.717, 1.165) is 31.2 Å². The van der Waals surface area contributed by atoms with Crippen molar-refractivity contribution in [1.82, 2.24) is 29.5 Å². The number of carbonyl (C=O) groups is 2. The smallest absolute Gasteiger partial charge is 0.382 e. The summed E-state index contributed by atoms with van der Waals surface area (Å²) >= 11 is 0. The van der Waals surface area contributed by atoms with Crippen LogP contribution < -0.4 is 11.1 Å². The highest BCUT2D eigenvalue weighted by atomic mass is 19.4. The summed E-state index contributed by atoms with van der Waals surface area (Å²) in [4.78, 5) is 36.2. The van der Waals surface area contributed by atoms with Crippen molar-refractivity contribution < 1.29 is 22.8 Å². The first kappa shape index (κ1) is 24.8. The molecule has 2 aliphatic rings. The number of carbonyl (C=O) groups excluding carboxylic acids is 2. The number of piperidine rings is 1. The van der Waals surface area contributed by atoms with E-state index in [9.17, 15) is 22.8 Å². The van der Waals surface area contributed by atoms with Crippen LogP contribution in [0.5, 0.6) is 0 Å². The number of nitrogen functional groups attached to an aromatic ring is 1. The third-order valence-electron chi connectivity index (χ3n) is 7.34. The molecule has 2 fully saturated rings. The Kier molecular flexibility index (Phi) is 5.92. The van der Waals surface area contributed by atoms with E-state index < -0.39 is 17.6 Å². The number of imidazole rings is 1. The van der Waals surface area contributed by atoms with Crippen molar-refractivity contribution in [2.45, 2.75) is 43.8 Å². The summed E-state index contributed by atoms with van der Waals surface area (Å²) in [6.45, 7) is 0.599. The number of anilines is 2. The normalized spacial score (nSPS) is 19.4. The quantitative estimate of drug-likeness (QED) is 0.404. The van der Waals surface area contributed by atoms with Gasteiger partial charge in [0.25, 0.3) is 5.91 Å². The van der Waals surface area contributed by atoms with Gasteiger partial charge in [-0.15, -0.1) is 5.10 Å². The highest BCUT2D eigenvalue weighted by molar-refractivity contribution is 6.04. The van der Waals surface area contributed by atoms with Gasteiger partial charge in [-0.1, -0.05) is 12.1 Å². The van der Waals surface area contributed by atoms with Crippen molar-refractivity contribution in [3.63, 3.8) is 0 Å². The number of alkyl halides is 3. The third kappa shape index (κ3) is 4.53. The van der Waals surface area contributed by atoms with Crippen molar-refractivity contribution >= 4 is 29.0 Å². The number of fused-ring (bicyclic) bond motifs is 2. The fraction of sp³-hybridized carbons (Fsp3) is 0.308. The molecule has 0 saturated carbocycles. The number of rotatable bonds is 4. The zero-order valence-electron chi connectivity index (χ0n) is 20.5. The van der Waals surface area contributed by atoms with E-state index in [0.29, 0.717) is 47.8 Å². The Balaban J connectivity index is 1.28. The van der Waals surface area contributed by atoms with E-state index in [1.807, 2.05) is 9.30 Å². The van der Waals surface area contributed by atoms with Crippen LogP contribution in [-0.4, -0.2) is 53.9 Å². The van der Waals surface area contributed by atoms with Crippen LogP contribution in [0.4, 0.5) is 24.8 Å². The molecule has 3 N–H and O–H groups in total. The number of amides is 2. The summed E-state index contributed by atoms with van der Waals surface area (Å²) in [5.41, 5.74) is 7.34. The minimum absolute atomic E-state index is 0.0324. The van der Waals surface area contributed by atoms with Gasteiger partial charge in [0.1, 0.15) is 22.9 Å². The van der Waals surface area contributed by atoms with Crippen LogP contribution in [0.3, 0.4) is 0 Å². The van der Waals surface area contributed by atoms with Gasteiger partial charge in [0.05, 0.1) is 11.8 Å². The number of hydrogen-bond acceptors (Lipinski definition) is 7. The molecule has 13 heteroatoms. The predicted molar refractivity (Wildman–Crippen MR) is 135 cm³/mol. The number of benzene rings is 1. The predicted octanol–water partition coefficient (Wildman–Crippen LogP) is 3.91. The van der Waals surface area contributed by atoms with Crippen LogP contribution in [-0.2, 0) is 11.0 Å². The van der Waals surface area contributed by atoms with Gasteiger partial charge in [0.2, 0.25) is 5.91 Å². The number of nitrogens with zero attached hydrogens (tertiary/aromatic N) is 6. The van der Waals surface area contributed by atoms with E-state index in [-0.39, 0.29) is 23.2 Å². The van der Waals surface area contributed by atoms with Crippen LogP contribution in [0.1, 0.15) is 53.3 Å². The molecule has 2 saturated heterocycles. The second kappa shape index (κ2) is 9.33. The molecule has 2 amide bonds. The standard InChI is InChI=1S/C26H23F3N8O2/c27-26(28,29)17-11-19(35-32-12-17)33-25(39)15-3-1-14(2-4-15)21-22-23(30)31-9-10-36(22)24(34-21)16-5-6-18-7-8-20(38)37(18)13-16/h1-4,9-12,16,18H,5-8,13H2,(H2,30,31)(H,33,35,39)/t16-,18+/m1/s1. The lowest BCUT2D eigenvalue weighted by molar-refractivity contribution is -0.138. The first-order valence-corrected chi connectivity index (χ1v) is 12.4. The molecular weight excluding hydrogens is 513 g/mol. The van der Waals surface area contributed by atoms with Crippen molar-refractivity contribution in [3.05, 3.63) is 65.9 Å². The van der Waals surface area contributed by atoms with Gasteiger partial charge in [0.15, 0.2) is 5.82 Å². The van der Waals surface area contributed by atoms with Gasteiger partial charge in [0, 0.05) is 48.4 Å².